The number of allylic oxidation sites excluding steroid dienone is 2. The topological polar surface area (TPSA) is 52.6 Å². The molecular weight excluding hydrogens is 359 g/mol. The molecule has 2 aromatic rings. The molecule has 5 heteroatoms. The lowest BCUT2D eigenvalue weighted by molar-refractivity contribution is -0.162. The highest BCUT2D eigenvalue weighted by molar-refractivity contribution is 5.85. The molecule has 0 N–H and O–H groups in total. The number of carbonyl (C=O) groups is 2. The van der Waals surface area contributed by atoms with Gasteiger partial charge in [-0.2, -0.15) is 0 Å². The highest BCUT2D eigenvalue weighted by atomic mass is 19.1. The summed E-state index contributed by atoms with van der Waals surface area (Å²) in [6.45, 7) is 0.194. The average Bonchev–Trinajstić information content (AvgIpc) is 3.24. The summed E-state index contributed by atoms with van der Waals surface area (Å²) in [5.41, 5.74) is 1.68. The first kappa shape index (κ1) is 18.4. The van der Waals surface area contributed by atoms with Crippen LogP contribution in [0.1, 0.15) is 11.1 Å². The molecule has 3 unspecified atom stereocenters. The van der Waals surface area contributed by atoms with Gasteiger partial charge in [0.15, 0.2) is 0 Å². The van der Waals surface area contributed by atoms with E-state index in [1.807, 2.05) is 60.7 Å². The number of carbonyl (C=O) groups excluding carboxylic acids is 2. The minimum Gasteiger partial charge on any atom is -0.461 e. The third-order valence-electron chi connectivity index (χ3n) is 5.50. The minimum atomic E-state index is -1.26. The Hall–Kier alpha value is -2.95. The van der Waals surface area contributed by atoms with Crippen LogP contribution in [-0.4, -0.2) is 18.1 Å². The maximum Gasteiger partial charge on any atom is 0.310 e. The monoisotopic (exact) mass is 380 g/mol. The van der Waals surface area contributed by atoms with Gasteiger partial charge in [0.1, 0.15) is 19.4 Å². The van der Waals surface area contributed by atoms with Gasteiger partial charge in [-0.3, -0.25) is 9.59 Å². The molecule has 4 nitrogen and oxygen atoms in total. The lowest BCUT2D eigenvalue weighted by Crippen LogP contribution is -2.35. The first-order valence-corrected chi connectivity index (χ1v) is 9.38. The zero-order valence-electron chi connectivity index (χ0n) is 15.2. The fourth-order valence-electron chi connectivity index (χ4n) is 4.10. The van der Waals surface area contributed by atoms with Gasteiger partial charge in [-0.1, -0.05) is 72.8 Å². The number of hydrogen-bond acceptors (Lipinski definition) is 4. The van der Waals surface area contributed by atoms with Crippen LogP contribution in [-0.2, 0) is 32.3 Å². The quantitative estimate of drug-likeness (QED) is 0.564. The molecule has 2 aliphatic rings. The van der Waals surface area contributed by atoms with Crippen LogP contribution in [0.3, 0.4) is 0 Å². The molecule has 0 aromatic heterocycles. The van der Waals surface area contributed by atoms with Crippen LogP contribution < -0.4 is 0 Å². The maximum atomic E-state index is 14.6. The van der Waals surface area contributed by atoms with Gasteiger partial charge < -0.3 is 9.47 Å². The third-order valence-corrected chi connectivity index (χ3v) is 5.50. The molecule has 1 fully saturated rings. The summed E-state index contributed by atoms with van der Waals surface area (Å²) in [4.78, 5) is 25.4. The van der Waals surface area contributed by atoms with Crippen LogP contribution in [0.2, 0.25) is 0 Å². The summed E-state index contributed by atoms with van der Waals surface area (Å²) in [6.07, 6.45) is 2.11. The lowest BCUT2D eigenvalue weighted by atomic mass is 9.83. The third kappa shape index (κ3) is 3.57. The minimum absolute atomic E-state index is 0.0972. The molecule has 0 amide bonds. The summed E-state index contributed by atoms with van der Waals surface area (Å²) in [5, 5.41) is 0. The molecule has 0 saturated heterocycles. The molecular formula is C23H21FO4. The Morgan fingerprint density at radius 2 is 1.11 bits per heavy atom. The molecule has 4 rings (SSSR count). The zero-order chi connectivity index (χ0) is 19.5. The summed E-state index contributed by atoms with van der Waals surface area (Å²) < 4.78 is 25.5. The number of benzene rings is 2. The van der Waals surface area contributed by atoms with Crippen molar-refractivity contribution in [2.45, 2.75) is 19.4 Å². The van der Waals surface area contributed by atoms with Crippen molar-refractivity contribution in [2.24, 2.45) is 23.7 Å². The van der Waals surface area contributed by atoms with E-state index in [0.29, 0.717) is 0 Å². The predicted octanol–water partition coefficient (Wildman–Crippen LogP) is 3.86. The Morgan fingerprint density at radius 1 is 0.714 bits per heavy atom. The van der Waals surface area contributed by atoms with Gasteiger partial charge in [0, 0.05) is 11.8 Å². The molecule has 0 spiro atoms. The fourth-order valence-corrected chi connectivity index (χ4v) is 4.10. The molecule has 1 saturated carbocycles. The van der Waals surface area contributed by atoms with Crippen molar-refractivity contribution in [3.05, 3.63) is 83.9 Å². The van der Waals surface area contributed by atoms with Crippen LogP contribution in [0.5, 0.6) is 0 Å². The summed E-state index contributed by atoms with van der Waals surface area (Å²) >= 11 is 0. The molecule has 144 valence electrons. The number of esters is 2. The average molecular weight is 380 g/mol. The van der Waals surface area contributed by atoms with Crippen molar-refractivity contribution in [3.8, 4) is 0 Å². The smallest absolute Gasteiger partial charge is 0.310 e. The number of alkyl halides is 1. The Labute approximate surface area is 163 Å². The van der Waals surface area contributed by atoms with Gasteiger partial charge in [-0.05, 0) is 11.1 Å². The van der Waals surface area contributed by atoms with Gasteiger partial charge in [-0.15, -0.1) is 0 Å². The van der Waals surface area contributed by atoms with Crippen LogP contribution in [0.4, 0.5) is 4.39 Å². The number of hydrogen-bond donors (Lipinski definition) is 0. The second-order valence-electron chi connectivity index (χ2n) is 7.22. The molecule has 0 radical (unpaired) electrons. The van der Waals surface area contributed by atoms with Crippen molar-refractivity contribution >= 4 is 11.9 Å². The fraction of sp³-hybridized carbons (Fsp3) is 0.304. The summed E-state index contributed by atoms with van der Waals surface area (Å²) in [7, 11) is 0. The molecule has 5 atom stereocenters. The molecule has 0 aliphatic heterocycles. The Morgan fingerprint density at radius 3 is 1.50 bits per heavy atom. The normalized spacial score (nSPS) is 27.5. The molecule has 0 heterocycles. The van der Waals surface area contributed by atoms with Crippen LogP contribution >= 0.6 is 0 Å². The first-order chi connectivity index (χ1) is 13.6. The van der Waals surface area contributed by atoms with Crippen molar-refractivity contribution in [1.29, 1.82) is 0 Å². The Kier molecular flexibility index (Phi) is 5.24. The van der Waals surface area contributed by atoms with Gasteiger partial charge in [0.05, 0.1) is 11.8 Å². The predicted molar refractivity (Wildman–Crippen MR) is 100 cm³/mol. The van der Waals surface area contributed by atoms with E-state index >= 15 is 0 Å². The summed E-state index contributed by atoms with van der Waals surface area (Å²) in [5.74, 6) is -4.07. The van der Waals surface area contributed by atoms with Gasteiger partial charge in [0.25, 0.3) is 0 Å². The van der Waals surface area contributed by atoms with Crippen LogP contribution in [0.15, 0.2) is 72.8 Å². The van der Waals surface area contributed by atoms with Crippen molar-refractivity contribution in [2.75, 3.05) is 0 Å². The lowest BCUT2D eigenvalue weighted by Gasteiger charge is -2.24. The number of fused-ring (bicyclic) bond motifs is 2. The Balaban J connectivity index is 1.44. The largest absolute Gasteiger partial charge is 0.461 e. The van der Waals surface area contributed by atoms with E-state index < -0.39 is 41.8 Å². The van der Waals surface area contributed by atoms with Crippen LogP contribution in [0, 0.1) is 23.7 Å². The van der Waals surface area contributed by atoms with Crippen molar-refractivity contribution < 1.29 is 23.5 Å². The highest BCUT2D eigenvalue weighted by Crippen LogP contribution is 2.50. The standard InChI is InChI=1S/C23H21FO4/c24-21-17-11-12-18(21)20(23(26)28-14-16-9-5-2-6-10-16)19(17)22(25)27-13-15-7-3-1-4-8-15/h1-12,17-21H,13-14H2/t17?,18?,19-,20+,21?. The SMILES string of the molecule is O=C(OCc1ccccc1)[C@@H]1C2C=CC(C2F)[C@@H]1C(=O)OCc1ccccc1. The van der Waals surface area contributed by atoms with Gasteiger partial charge in [-0.25, -0.2) is 4.39 Å². The van der Waals surface area contributed by atoms with Crippen molar-refractivity contribution in [1.82, 2.24) is 0 Å². The molecule has 2 aliphatic carbocycles. The number of ether oxygens (including phenoxy) is 2. The van der Waals surface area contributed by atoms with E-state index in [2.05, 4.69) is 0 Å². The van der Waals surface area contributed by atoms with E-state index in [-0.39, 0.29) is 13.2 Å². The number of rotatable bonds is 6. The van der Waals surface area contributed by atoms with E-state index in [0.717, 1.165) is 11.1 Å². The highest BCUT2D eigenvalue weighted by Gasteiger charge is 2.59. The van der Waals surface area contributed by atoms with Gasteiger partial charge >= 0.3 is 11.9 Å². The molecule has 2 aromatic carbocycles. The zero-order valence-corrected chi connectivity index (χ0v) is 15.2. The van der Waals surface area contributed by atoms with Crippen LogP contribution in [0.25, 0.3) is 0 Å². The van der Waals surface area contributed by atoms with Gasteiger partial charge in [0.2, 0.25) is 0 Å². The maximum absolute atomic E-state index is 14.6. The Bertz CT molecular complexity index is 793. The second kappa shape index (κ2) is 7.97. The van der Waals surface area contributed by atoms with E-state index in [1.165, 1.54) is 0 Å². The molecule has 2 bridgehead atoms. The van der Waals surface area contributed by atoms with E-state index in [4.69, 9.17) is 9.47 Å². The first-order valence-electron chi connectivity index (χ1n) is 9.38. The number of halogens is 1. The summed E-state index contributed by atoms with van der Waals surface area (Å²) in [6, 6.07) is 18.5. The van der Waals surface area contributed by atoms with E-state index in [1.54, 1.807) is 12.2 Å². The molecule has 28 heavy (non-hydrogen) atoms. The van der Waals surface area contributed by atoms with E-state index in [9.17, 15) is 14.0 Å². The van der Waals surface area contributed by atoms with Crippen molar-refractivity contribution in [3.63, 3.8) is 0 Å². The second-order valence-corrected chi connectivity index (χ2v) is 7.22.